The van der Waals surface area contributed by atoms with Gasteiger partial charge >= 0.3 is 0 Å². The zero-order chi connectivity index (χ0) is 21.5. The number of likely N-dealkylation sites (tertiary alicyclic amines) is 1. The van der Waals surface area contributed by atoms with Crippen LogP contribution in [-0.2, 0) is 0 Å². The second kappa shape index (κ2) is 10.8. The van der Waals surface area contributed by atoms with Crippen molar-refractivity contribution in [3.8, 4) is 0 Å². The molecule has 1 atom stereocenters. The molecule has 3 N–H and O–H groups in total. The summed E-state index contributed by atoms with van der Waals surface area (Å²) in [5, 5.41) is 10.5. The first-order chi connectivity index (χ1) is 15.2. The topological polar surface area (TPSA) is 78.0 Å². The Labute approximate surface area is 186 Å². The Kier molecular flexibility index (Phi) is 7.57. The van der Waals surface area contributed by atoms with Crippen molar-refractivity contribution in [2.45, 2.75) is 77.3 Å². The molecule has 1 aromatic heterocycles. The van der Waals surface area contributed by atoms with E-state index in [4.69, 9.17) is 15.0 Å². The average molecular weight is 424 g/mol. The summed E-state index contributed by atoms with van der Waals surface area (Å²) >= 11 is 0. The Balaban J connectivity index is 1.51. The van der Waals surface area contributed by atoms with E-state index in [0.717, 1.165) is 18.8 Å². The molecule has 1 aliphatic carbocycles. The van der Waals surface area contributed by atoms with Crippen molar-refractivity contribution in [3.63, 3.8) is 0 Å². The van der Waals surface area contributed by atoms with E-state index in [2.05, 4.69) is 46.8 Å². The maximum absolute atomic E-state index is 4.73. The van der Waals surface area contributed by atoms with Crippen LogP contribution in [0.25, 0.3) is 0 Å². The Hall–Kier alpha value is -2.41. The molecule has 0 spiro atoms. The number of hydrogen-bond donors (Lipinski definition) is 3. The summed E-state index contributed by atoms with van der Waals surface area (Å²) in [6.45, 7) is 7.48. The van der Waals surface area contributed by atoms with Crippen LogP contribution >= 0.6 is 0 Å². The fourth-order valence-electron chi connectivity index (χ4n) is 4.77. The van der Waals surface area contributed by atoms with E-state index in [9.17, 15) is 0 Å². The van der Waals surface area contributed by atoms with Crippen LogP contribution in [0.2, 0.25) is 0 Å². The van der Waals surface area contributed by atoms with Crippen molar-refractivity contribution in [1.29, 1.82) is 0 Å². The van der Waals surface area contributed by atoms with Gasteiger partial charge < -0.3 is 16.0 Å². The van der Waals surface area contributed by atoms with E-state index in [-0.39, 0.29) is 0 Å². The summed E-state index contributed by atoms with van der Waals surface area (Å²) in [6.07, 6.45) is 10.1. The van der Waals surface area contributed by atoms with Crippen LogP contribution in [-0.4, -0.2) is 51.6 Å². The molecule has 1 aromatic carbocycles. The van der Waals surface area contributed by atoms with Crippen molar-refractivity contribution >= 4 is 23.5 Å². The molecule has 2 aromatic rings. The lowest BCUT2D eigenvalue weighted by Crippen LogP contribution is -2.35. The normalized spacial score (nSPS) is 20.4. The van der Waals surface area contributed by atoms with Gasteiger partial charge in [0.15, 0.2) is 0 Å². The van der Waals surface area contributed by atoms with E-state index in [1.165, 1.54) is 63.5 Å². The Bertz CT molecular complexity index is 832. The third kappa shape index (κ3) is 6.06. The Morgan fingerprint density at radius 1 is 0.903 bits per heavy atom. The number of para-hydroxylation sites is 1. The fourth-order valence-corrected chi connectivity index (χ4v) is 4.77. The van der Waals surface area contributed by atoms with Crippen LogP contribution in [0, 0.1) is 6.92 Å². The van der Waals surface area contributed by atoms with Crippen LogP contribution in [0.1, 0.15) is 63.9 Å². The van der Waals surface area contributed by atoms with Gasteiger partial charge in [-0.3, -0.25) is 4.90 Å². The zero-order valence-corrected chi connectivity index (χ0v) is 19.0. The van der Waals surface area contributed by atoms with Gasteiger partial charge in [-0.25, -0.2) is 0 Å². The predicted molar refractivity (Wildman–Crippen MR) is 128 cm³/mol. The molecular formula is C24H37N7. The van der Waals surface area contributed by atoms with Gasteiger partial charge in [-0.05, 0) is 57.3 Å². The lowest BCUT2D eigenvalue weighted by Gasteiger charge is -2.23. The van der Waals surface area contributed by atoms with Gasteiger partial charge in [0, 0.05) is 24.3 Å². The number of anilines is 4. The van der Waals surface area contributed by atoms with Crippen LogP contribution < -0.4 is 16.0 Å². The highest BCUT2D eigenvalue weighted by molar-refractivity contribution is 5.59. The average Bonchev–Trinajstić information content (AvgIpc) is 3.08. The molecule has 168 valence electrons. The Morgan fingerprint density at radius 3 is 2.42 bits per heavy atom. The first-order valence-corrected chi connectivity index (χ1v) is 12.0. The minimum atomic E-state index is 0.439. The zero-order valence-electron chi connectivity index (χ0n) is 19.0. The first-order valence-electron chi connectivity index (χ1n) is 12.0. The number of nitrogens with one attached hydrogen (secondary N) is 3. The highest BCUT2D eigenvalue weighted by Crippen LogP contribution is 2.23. The third-order valence-corrected chi connectivity index (χ3v) is 6.62. The summed E-state index contributed by atoms with van der Waals surface area (Å²) < 4.78 is 0. The third-order valence-electron chi connectivity index (χ3n) is 6.62. The monoisotopic (exact) mass is 423 g/mol. The second-order valence-corrected chi connectivity index (χ2v) is 8.88. The summed E-state index contributed by atoms with van der Waals surface area (Å²) in [7, 11) is 0. The van der Waals surface area contributed by atoms with Gasteiger partial charge in [-0.1, -0.05) is 50.8 Å². The summed E-state index contributed by atoms with van der Waals surface area (Å²) in [5.41, 5.74) is 2.19. The SMILES string of the molecule is CCN1CCCC1CNc1nc(Nc2ccccc2C)nc(NC2CCCCCC2)n1. The largest absolute Gasteiger partial charge is 0.352 e. The van der Waals surface area contributed by atoms with E-state index < -0.39 is 0 Å². The van der Waals surface area contributed by atoms with E-state index >= 15 is 0 Å². The minimum absolute atomic E-state index is 0.439. The maximum atomic E-state index is 4.73. The summed E-state index contributed by atoms with van der Waals surface area (Å²) in [4.78, 5) is 16.7. The van der Waals surface area contributed by atoms with E-state index in [1.54, 1.807) is 0 Å². The first kappa shape index (κ1) is 21.8. The van der Waals surface area contributed by atoms with Gasteiger partial charge in [-0.15, -0.1) is 0 Å². The second-order valence-electron chi connectivity index (χ2n) is 8.88. The number of rotatable bonds is 8. The minimum Gasteiger partial charge on any atom is -0.352 e. The molecule has 0 amide bonds. The number of hydrogen-bond acceptors (Lipinski definition) is 7. The summed E-state index contributed by atoms with van der Waals surface area (Å²) in [5.74, 6) is 1.89. The van der Waals surface area contributed by atoms with Crippen LogP contribution in [0.15, 0.2) is 24.3 Å². The number of nitrogens with zero attached hydrogens (tertiary/aromatic N) is 4. The van der Waals surface area contributed by atoms with Gasteiger partial charge in [0.1, 0.15) is 0 Å². The van der Waals surface area contributed by atoms with Crippen molar-refractivity contribution in [2.75, 3.05) is 35.6 Å². The molecule has 2 fully saturated rings. The van der Waals surface area contributed by atoms with E-state index in [0.29, 0.717) is 29.9 Å². The molecule has 4 rings (SSSR count). The molecule has 2 aliphatic rings. The molecule has 7 heteroatoms. The number of aryl methyl sites for hydroxylation is 1. The van der Waals surface area contributed by atoms with Crippen LogP contribution in [0.4, 0.5) is 23.5 Å². The van der Waals surface area contributed by atoms with Crippen LogP contribution in [0.5, 0.6) is 0 Å². The van der Waals surface area contributed by atoms with Gasteiger partial charge in [0.05, 0.1) is 0 Å². The van der Waals surface area contributed by atoms with Crippen molar-refractivity contribution in [1.82, 2.24) is 19.9 Å². The molecule has 0 radical (unpaired) electrons. The quantitative estimate of drug-likeness (QED) is 0.518. The van der Waals surface area contributed by atoms with E-state index in [1.807, 2.05) is 12.1 Å². The molecule has 2 heterocycles. The lowest BCUT2D eigenvalue weighted by atomic mass is 10.1. The van der Waals surface area contributed by atoms with Crippen LogP contribution in [0.3, 0.4) is 0 Å². The molecular weight excluding hydrogens is 386 g/mol. The summed E-state index contributed by atoms with van der Waals surface area (Å²) in [6, 6.07) is 9.21. The molecule has 1 saturated carbocycles. The molecule has 7 nitrogen and oxygen atoms in total. The Morgan fingerprint density at radius 2 is 1.65 bits per heavy atom. The lowest BCUT2D eigenvalue weighted by molar-refractivity contribution is 0.277. The standard InChI is InChI=1S/C24H37N7/c1-3-31-16-10-14-20(31)17-25-22-28-23(26-19-12-6-4-5-7-13-19)30-24(29-22)27-21-15-9-8-11-18(21)2/h8-9,11,15,19-20H,3-7,10,12-14,16-17H2,1-2H3,(H3,25,26,27,28,29,30). The molecule has 1 aliphatic heterocycles. The highest BCUT2D eigenvalue weighted by Gasteiger charge is 2.23. The number of likely N-dealkylation sites (N-methyl/N-ethyl adjacent to an activating group) is 1. The molecule has 1 unspecified atom stereocenters. The predicted octanol–water partition coefficient (Wildman–Crippen LogP) is 4.95. The number of benzene rings is 1. The molecule has 1 saturated heterocycles. The molecule has 31 heavy (non-hydrogen) atoms. The molecule has 0 bridgehead atoms. The van der Waals surface area contributed by atoms with Crippen molar-refractivity contribution in [3.05, 3.63) is 29.8 Å². The van der Waals surface area contributed by atoms with Crippen molar-refractivity contribution in [2.24, 2.45) is 0 Å². The van der Waals surface area contributed by atoms with Gasteiger partial charge in [0.25, 0.3) is 0 Å². The van der Waals surface area contributed by atoms with Gasteiger partial charge in [0.2, 0.25) is 17.8 Å². The fraction of sp³-hybridized carbons (Fsp3) is 0.625. The highest BCUT2D eigenvalue weighted by atomic mass is 15.3. The number of aromatic nitrogens is 3. The smallest absolute Gasteiger partial charge is 0.233 e. The maximum Gasteiger partial charge on any atom is 0.233 e. The van der Waals surface area contributed by atoms with Gasteiger partial charge in [-0.2, -0.15) is 15.0 Å². The van der Waals surface area contributed by atoms with Crippen molar-refractivity contribution < 1.29 is 0 Å².